The van der Waals surface area contributed by atoms with Gasteiger partial charge in [0.1, 0.15) is 42.7 Å². The van der Waals surface area contributed by atoms with Crippen LogP contribution >= 0.6 is 7.82 Å². The van der Waals surface area contributed by atoms with Crippen molar-refractivity contribution in [1.82, 2.24) is 0 Å². The quantitative estimate of drug-likeness (QED) is 0.0348. The minimum absolute atomic E-state index is 0.0703. The summed E-state index contributed by atoms with van der Waals surface area (Å²) in [6.45, 7) is 4.19. The topological polar surface area (TPSA) is 192 Å². The fourth-order valence-corrected chi connectivity index (χ4v) is 6.50. The molecule has 0 heterocycles. The van der Waals surface area contributed by atoms with Crippen LogP contribution in [0, 0.1) is 0 Å². The zero-order chi connectivity index (χ0) is 34.2. The van der Waals surface area contributed by atoms with Crippen LogP contribution in [-0.2, 0) is 27.9 Å². The number of aliphatic hydroxyl groups is 5. The summed E-state index contributed by atoms with van der Waals surface area (Å²) in [6.07, 6.45) is 9.19. The van der Waals surface area contributed by atoms with Crippen molar-refractivity contribution >= 4 is 13.8 Å². The second kappa shape index (κ2) is 26.2. The first-order valence-corrected chi connectivity index (χ1v) is 19.4. The number of carbonyl (C=O) groups excluding carboxylic acids is 1. The molecule has 0 aliphatic heterocycles. The summed E-state index contributed by atoms with van der Waals surface area (Å²) in [5.74, 6) is -0.480. The SMILES string of the molecule is CCCCCCCCCCCCC(=O)OC(COCCCCCCCCCCC)COP(=O)(O)OC1C(O)C(O)C(O)C(O)C1O. The molecule has 6 unspecified atom stereocenters. The van der Waals surface area contributed by atoms with Gasteiger partial charge in [-0.3, -0.25) is 13.8 Å². The van der Waals surface area contributed by atoms with Crippen molar-refractivity contribution < 1.29 is 58.3 Å². The van der Waals surface area contributed by atoms with Crippen molar-refractivity contribution in [2.45, 2.75) is 185 Å². The van der Waals surface area contributed by atoms with Crippen molar-refractivity contribution in [3.63, 3.8) is 0 Å². The largest absolute Gasteiger partial charge is 0.472 e. The Hall–Kier alpha value is -0.660. The van der Waals surface area contributed by atoms with Gasteiger partial charge >= 0.3 is 13.8 Å². The molecule has 1 fully saturated rings. The number of rotatable bonds is 29. The number of hydrogen-bond acceptors (Lipinski definition) is 11. The lowest BCUT2D eigenvalue weighted by Crippen LogP contribution is -2.64. The molecule has 6 atom stereocenters. The number of esters is 1. The van der Waals surface area contributed by atoms with Crippen LogP contribution in [0.2, 0.25) is 0 Å². The third-order valence-electron chi connectivity index (χ3n) is 8.48. The van der Waals surface area contributed by atoms with Gasteiger partial charge in [-0.05, 0) is 12.8 Å². The summed E-state index contributed by atoms with van der Waals surface area (Å²) in [5.41, 5.74) is 0. The number of aliphatic hydroxyl groups excluding tert-OH is 5. The predicted octanol–water partition coefficient (Wildman–Crippen LogP) is 5.08. The molecule has 46 heavy (non-hydrogen) atoms. The molecule has 0 amide bonds. The van der Waals surface area contributed by atoms with Crippen LogP contribution in [0.4, 0.5) is 0 Å². The Bertz CT molecular complexity index is 787. The molecule has 0 saturated heterocycles. The number of ether oxygens (including phenoxy) is 2. The molecule has 0 aromatic rings. The van der Waals surface area contributed by atoms with Gasteiger partial charge in [-0.2, -0.15) is 0 Å². The molecule has 1 rings (SSSR count). The van der Waals surface area contributed by atoms with E-state index in [9.17, 15) is 39.8 Å². The third-order valence-corrected chi connectivity index (χ3v) is 9.47. The van der Waals surface area contributed by atoms with Crippen molar-refractivity contribution in [3.8, 4) is 0 Å². The van der Waals surface area contributed by atoms with Crippen molar-refractivity contribution in [2.24, 2.45) is 0 Å². The summed E-state index contributed by atoms with van der Waals surface area (Å²) >= 11 is 0. The number of phosphoric ester groups is 1. The van der Waals surface area contributed by atoms with E-state index in [1.54, 1.807) is 0 Å². The summed E-state index contributed by atoms with van der Waals surface area (Å²) in [6, 6.07) is 0. The molecular weight excluding hydrogens is 619 g/mol. The van der Waals surface area contributed by atoms with E-state index in [0.29, 0.717) is 13.0 Å². The van der Waals surface area contributed by atoms with E-state index in [2.05, 4.69) is 13.8 Å². The highest BCUT2D eigenvalue weighted by atomic mass is 31.2. The van der Waals surface area contributed by atoms with Gasteiger partial charge in [-0.1, -0.05) is 123 Å². The third kappa shape index (κ3) is 19.4. The Morgan fingerprint density at radius 1 is 0.609 bits per heavy atom. The molecule has 1 aliphatic carbocycles. The minimum atomic E-state index is -4.99. The Morgan fingerprint density at radius 2 is 1.02 bits per heavy atom. The van der Waals surface area contributed by atoms with Crippen LogP contribution in [0.3, 0.4) is 0 Å². The maximum Gasteiger partial charge on any atom is 0.472 e. The summed E-state index contributed by atoms with van der Waals surface area (Å²) < 4.78 is 33.8. The molecule has 13 heteroatoms. The maximum atomic E-state index is 12.7. The molecule has 6 N–H and O–H groups in total. The Kier molecular flexibility index (Phi) is 24.7. The average Bonchev–Trinajstić information content (AvgIpc) is 3.03. The lowest BCUT2D eigenvalue weighted by Gasteiger charge is -2.41. The molecule has 1 aliphatic rings. The zero-order valence-electron chi connectivity index (χ0n) is 28.4. The average molecular weight is 685 g/mol. The first kappa shape index (κ1) is 43.4. The Balaban J connectivity index is 2.52. The van der Waals surface area contributed by atoms with Crippen molar-refractivity contribution in [3.05, 3.63) is 0 Å². The molecule has 0 spiro atoms. The van der Waals surface area contributed by atoms with Crippen LogP contribution in [0.15, 0.2) is 0 Å². The number of carbonyl (C=O) groups is 1. The van der Waals surface area contributed by atoms with Gasteiger partial charge in [0.15, 0.2) is 0 Å². The van der Waals surface area contributed by atoms with Crippen molar-refractivity contribution in [1.29, 1.82) is 0 Å². The van der Waals surface area contributed by atoms with E-state index >= 15 is 0 Å². The summed E-state index contributed by atoms with van der Waals surface area (Å²) in [5, 5.41) is 49.8. The second-order valence-corrected chi connectivity index (χ2v) is 14.1. The lowest BCUT2D eigenvalue weighted by molar-refractivity contribution is -0.220. The molecule has 1 saturated carbocycles. The molecule has 274 valence electrons. The van der Waals surface area contributed by atoms with Crippen LogP contribution in [0.5, 0.6) is 0 Å². The van der Waals surface area contributed by atoms with Gasteiger partial charge in [-0.15, -0.1) is 0 Å². The first-order chi connectivity index (χ1) is 22.0. The molecular formula is C33H65O12P. The molecule has 0 bridgehead atoms. The standard InChI is InChI=1S/C33H65O12P/c1-3-5-7-9-11-13-14-16-18-20-22-27(34)44-26(24-42-23-21-19-17-15-12-10-8-6-4-2)25-43-46(40,41)45-33-31(38)29(36)28(35)30(37)32(33)39/h26,28-33,35-39H,3-25H2,1-2H3,(H,40,41). The molecule has 0 aromatic carbocycles. The fraction of sp³-hybridized carbons (Fsp3) is 0.970. The van der Waals surface area contributed by atoms with E-state index in [1.807, 2.05) is 0 Å². The minimum Gasteiger partial charge on any atom is -0.457 e. The molecule has 12 nitrogen and oxygen atoms in total. The highest BCUT2D eigenvalue weighted by Gasteiger charge is 2.51. The smallest absolute Gasteiger partial charge is 0.457 e. The summed E-state index contributed by atoms with van der Waals surface area (Å²) in [7, 11) is -4.99. The lowest BCUT2D eigenvalue weighted by atomic mass is 9.85. The Labute approximate surface area is 276 Å². The van der Waals surface area contributed by atoms with Crippen LogP contribution in [-0.4, -0.2) is 98.9 Å². The van der Waals surface area contributed by atoms with Gasteiger partial charge in [0.2, 0.25) is 0 Å². The van der Waals surface area contributed by atoms with Crippen LogP contribution in [0.25, 0.3) is 0 Å². The highest BCUT2D eigenvalue weighted by Crippen LogP contribution is 2.47. The van der Waals surface area contributed by atoms with E-state index in [4.69, 9.17) is 18.5 Å². The number of phosphoric acid groups is 1. The van der Waals surface area contributed by atoms with Gasteiger partial charge in [0, 0.05) is 13.0 Å². The summed E-state index contributed by atoms with van der Waals surface area (Å²) in [4.78, 5) is 22.8. The van der Waals surface area contributed by atoms with Crippen molar-refractivity contribution in [2.75, 3.05) is 19.8 Å². The zero-order valence-corrected chi connectivity index (χ0v) is 29.3. The van der Waals surface area contributed by atoms with E-state index < -0.39 is 63.1 Å². The molecule has 0 radical (unpaired) electrons. The normalized spacial score (nSPS) is 25.3. The number of hydrogen-bond donors (Lipinski definition) is 6. The fourth-order valence-electron chi connectivity index (χ4n) is 5.53. The van der Waals surface area contributed by atoms with Gasteiger partial charge < -0.3 is 39.9 Å². The second-order valence-electron chi connectivity index (χ2n) is 12.7. The van der Waals surface area contributed by atoms with E-state index in [0.717, 1.165) is 38.5 Å². The molecule has 0 aromatic heterocycles. The van der Waals surface area contributed by atoms with Gasteiger partial charge in [0.25, 0.3) is 0 Å². The van der Waals surface area contributed by atoms with Crippen LogP contribution in [0.1, 0.15) is 142 Å². The first-order valence-electron chi connectivity index (χ1n) is 17.9. The number of unbranched alkanes of at least 4 members (excludes halogenated alkanes) is 17. The highest BCUT2D eigenvalue weighted by molar-refractivity contribution is 7.47. The van der Waals surface area contributed by atoms with Gasteiger partial charge in [0.05, 0.1) is 13.2 Å². The van der Waals surface area contributed by atoms with E-state index in [1.165, 1.54) is 77.0 Å². The monoisotopic (exact) mass is 684 g/mol. The predicted molar refractivity (Wildman–Crippen MR) is 175 cm³/mol. The van der Waals surface area contributed by atoms with E-state index in [-0.39, 0.29) is 13.0 Å². The maximum absolute atomic E-state index is 12.7. The van der Waals surface area contributed by atoms with Gasteiger partial charge in [-0.25, -0.2) is 4.57 Å². The van der Waals surface area contributed by atoms with Crippen LogP contribution < -0.4 is 0 Å². The Morgan fingerprint density at radius 3 is 1.50 bits per heavy atom.